The van der Waals surface area contributed by atoms with Crippen molar-refractivity contribution < 1.29 is 13.9 Å². The van der Waals surface area contributed by atoms with Gasteiger partial charge in [-0.1, -0.05) is 18.2 Å². The molecule has 2 aromatic rings. The van der Waals surface area contributed by atoms with Crippen LogP contribution < -0.4 is 5.56 Å². The Hall–Kier alpha value is -2.54. The summed E-state index contributed by atoms with van der Waals surface area (Å²) in [5.41, 5.74) is 0.582. The van der Waals surface area contributed by atoms with E-state index in [0.717, 1.165) is 4.68 Å². The second kappa shape index (κ2) is 7.78. The van der Waals surface area contributed by atoms with Gasteiger partial charge in [-0.15, -0.1) is 0 Å². The molecule has 2 heterocycles. The highest BCUT2D eigenvalue weighted by Crippen LogP contribution is 2.25. The van der Waals surface area contributed by atoms with E-state index in [0.29, 0.717) is 31.5 Å². The lowest BCUT2D eigenvalue weighted by molar-refractivity contribution is -0.00345. The van der Waals surface area contributed by atoms with E-state index in [1.54, 1.807) is 30.2 Å². The van der Waals surface area contributed by atoms with Gasteiger partial charge in [0.2, 0.25) is 0 Å². The lowest BCUT2D eigenvalue weighted by Crippen LogP contribution is -2.47. The van der Waals surface area contributed by atoms with Crippen molar-refractivity contribution in [1.29, 1.82) is 0 Å². The molecule has 1 aliphatic heterocycles. The van der Waals surface area contributed by atoms with Crippen molar-refractivity contribution in [3.05, 3.63) is 63.8 Å². The second-order valence-corrected chi connectivity index (χ2v) is 6.55. The van der Waals surface area contributed by atoms with Crippen LogP contribution in [0.3, 0.4) is 0 Å². The molecule has 1 aliphatic rings. The van der Waals surface area contributed by atoms with Gasteiger partial charge in [0.25, 0.3) is 11.5 Å². The molecule has 0 spiro atoms. The Morgan fingerprint density at radius 1 is 1.31 bits per heavy atom. The van der Waals surface area contributed by atoms with Crippen molar-refractivity contribution in [2.45, 2.75) is 18.9 Å². The number of carbonyl (C=O) groups is 1. The normalized spacial score (nSPS) is 20.2. The summed E-state index contributed by atoms with van der Waals surface area (Å²) in [5.74, 6) is -0.485. The summed E-state index contributed by atoms with van der Waals surface area (Å²) in [4.78, 5) is 25.9. The van der Waals surface area contributed by atoms with E-state index in [1.165, 1.54) is 25.2 Å². The molecule has 3 rings (SSSR count). The van der Waals surface area contributed by atoms with E-state index < -0.39 is 0 Å². The second-order valence-electron chi connectivity index (χ2n) is 6.55. The number of hydrogen-bond donors (Lipinski definition) is 0. The standard InChI is InChI=1S/C19H22FN3O3/c1-22-18(24)8-7-16(21-22)19(25)23-10-9-17(26-2)14(12-23)11-13-5-3-4-6-15(13)20/h3-8,14,17H,9-12H2,1-2H3/t14-,17+/m1/s1. The van der Waals surface area contributed by atoms with Gasteiger partial charge in [0, 0.05) is 39.2 Å². The van der Waals surface area contributed by atoms with Crippen LogP contribution in [0.2, 0.25) is 0 Å². The number of rotatable bonds is 4. The van der Waals surface area contributed by atoms with Gasteiger partial charge >= 0.3 is 0 Å². The van der Waals surface area contributed by atoms with Crippen LogP contribution >= 0.6 is 0 Å². The molecule has 0 radical (unpaired) electrons. The zero-order chi connectivity index (χ0) is 18.7. The smallest absolute Gasteiger partial charge is 0.274 e. The van der Waals surface area contributed by atoms with Gasteiger partial charge in [-0.05, 0) is 30.5 Å². The maximum Gasteiger partial charge on any atom is 0.274 e. The fourth-order valence-electron chi connectivity index (χ4n) is 3.43. The first kappa shape index (κ1) is 18.3. The first-order valence-corrected chi connectivity index (χ1v) is 8.59. The number of hydrogen-bond acceptors (Lipinski definition) is 4. The summed E-state index contributed by atoms with van der Waals surface area (Å²) >= 11 is 0. The topological polar surface area (TPSA) is 64.4 Å². The largest absolute Gasteiger partial charge is 0.381 e. The molecule has 1 fully saturated rings. The van der Waals surface area contributed by atoms with E-state index >= 15 is 0 Å². The third kappa shape index (κ3) is 3.83. The number of piperidine rings is 1. The number of amides is 1. The van der Waals surface area contributed by atoms with Crippen LogP contribution in [0.4, 0.5) is 4.39 Å². The molecule has 1 aromatic carbocycles. The molecule has 1 saturated heterocycles. The van der Waals surface area contributed by atoms with Gasteiger partial charge in [0.15, 0.2) is 0 Å². The molecule has 2 atom stereocenters. The van der Waals surface area contributed by atoms with E-state index in [9.17, 15) is 14.0 Å². The number of nitrogens with zero attached hydrogens (tertiary/aromatic N) is 3. The van der Waals surface area contributed by atoms with Crippen molar-refractivity contribution in [2.75, 3.05) is 20.2 Å². The van der Waals surface area contributed by atoms with Crippen LogP contribution in [0.5, 0.6) is 0 Å². The van der Waals surface area contributed by atoms with E-state index in [-0.39, 0.29) is 35.0 Å². The zero-order valence-corrected chi connectivity index (χ0v) is 14.9. The number of benzene rings is 1. The number of methoxy groups -OCH3 is 1. The van der Waals surface area contributed by atoms with Crippen LogP contribution in [0, 0.1) is 11.7 Å². The first-order chi connectivity index (χ1) is 12.5. The molecule has 0 unspecified atom stereocenters. The summed E-state index contributed by atoms with van der Waals surface area (Å²) in [5, 5.41) is 4.03. The molecule has 138 valence electrons. The quantitative estimate of drug-likeness (QED) is 0.833. The van der Waals surface area contributed by atoms with E-state index in [1.807, 2.05) is 0 Å². The number of halogens is 1. The Kier molecular flexibility index (Phi) is 5.46. The molecule has 0 saturated carbocycles. The fraction of sp³-hybridized carbons (Fsp3) is 0.421. The predicted octanol–water partition coefficient (Wildman–Crippen LogP) is 1.64. The van der Waals surface area contributed by atoms with Crippen LogP contribution in [-0.2, 0) is 18.2 Å². The van der Waals surface area contributed by atoms with Crippen molar-refractivity contribution >= 4 is 5.91 Å². The molecular weight excluding hydrogens is 337 g/mol. The van der Waals surface area contributed by atoms with Crippen molar-refractivity contribution in [3.63, 3.8) is 0 Å². The van der Waals surface area contributed by atoms with Crippen molar-refractivity contribution in [1.82, 2.24) is 14.7 Å². The molecule has 0 N–H and O–H groups in total. The number of ether oxygens (including phenoxy) is 1. The Morgan fingerprint density at radius 2 is 2.08 bits per heavy atom. The minimum Gasteiger partial charge on any atom is -0.381 e. The Balaban J connectivity index is 1.78. The SMILES string of the molecule is CO[C@H]1CCN(C(=O)c2ccc(=O)n(C)n2)C[C@H]1Cc1ccccc1F. The van der Waals surface area contributed by atoms with Crippen LogP contribution in [-0.4, -0.2) is 46.9 Å². The molecular formula is C19H22FN3O3. The van der Waals surface area contributed by atoms with Crippen molar-refractivity contribution in [2.24, 2.45) is 13.0 Å². The van der Waals surface area contributed by atoms with Crippen LogP contribution in [0.15, 0.2) is 41.2 Å². The maximum atomic E-state index is 14.0. The van der Waals surface area contributed by atoms with Gasteiger partial charge in [-0.3, -0.25) is 9.59 Å². The average Bonchev–Trinajstić information content (AvgIpc) is 2.65. The van der Waals surface area contributed by atoms with Gasteiger partial charge in [-0.25, -0.2) is 9.07 Å². The summed E-state index contributed by atoms with van der Waals surface area (Å²) in [6.45, 7) is 0.992. The lowest BCUT2D eigenvalue weighted by atomic mass is 9.88. The predicted molar refractivity (Wildman–Crippen MR) is 94.4 cm³/mol. The number of carbonyl (C=O) groups excluding carboxylic acids is 1. The summed E-state index contributed by atoms with van der Waals surface area (Å²) < 4.78 is 20.7. The Bertz CT molecular complexity index is 852. The van der Waals surface area contributed by atoms with Gasteiger partial charge in [0.05, 0.1) is 6.10 Å². The molecule has 0 aliphatic carbocycles. The minimum atomic E-state index is -0.267. The zero-order valence-electron chi connectivity index (χ0n) is 14.9. The van der Waals surface area contributed by atoms with Crippen LogP contribution in [0.25, 0.3) is 0 Å². The summed E-state index contributed by atoms with van der Waals surface area (Å²) in [7, 11) is 3.16. The number of aryl methyl sites for hydroxylation is 1. The lowest BCUT2D eigenvalue weighted by Gasteiger charge is -2.38. The average molecular weight is 359 g/mol. The minimum absolute atomic E-state index is 0.0119. The monoisotopic (exact) mass is 359 g/mol. The molecule has 26 heavy (non-hydrogen) atoms. The summed E-state index contributed by atoms with van der Waals surface area (Å²) in [6.07, 6.45) is 1.13. The molecule has 1 amide bonds. The first-order valence-electron chi connectivity index (χ1n) is 8.59. The number of likely N-dealkylation sites (tertiary alicyclic amines) is 1. The molecule has 7 heteroatoms. The highest BCUT2D eigenvalue weighted by atomic mass is 19.1. The van der Waals surface area contributed by atoms with E-state index in [2.05, 4.69) is 5.10 Å². The third-order valence-electron chi connectivity index (χ3n) is 4.87. The molecule has 1 aromatic heterocycles. The highest BCUT2D eigenvalue weighted by molar-refractivity contribution is 5.92. The third-order valence-corrected chi connectivity index (χ3v) is 4.87. The molecule has 0 bridgehead atoms. The molecule has 6 nitrogen and oxygen atoms in total. The van der Waals surface area contributed by atoms with E-state index in [4.69, 9.17) is 4.74 Å². The number of aromatic nitrogens is 2. The summed E-state index contributed by atoms with van der Waals surface area (Å²) in [6, 6.07) is 9.45. The van der Waals surface area contributed by atoms with Crippen LogP contribution in [0.1, 0.15) is 22.5 Å². The Morgan fingerprint density at radius 3 is 2.77 bits per heavy atom. The van der Waals surface area contributed by atoms with Crippen molar-refractivity contribution in [3.8, 4) is 0 Å². The van der Waals surface area contributed by atoms with Gasteiger partial charge in [0.1, 0.15) is 11.5 Å². The highest BCUT2D eigenvalue weighted by Gasteiger charge is 2.33. The van der Waals surface area contributed by atoms with Gasteiger partial charge < -0.3 is 9.64 Å². The fourth-order valence-corrected chi connectivity index (χ4v) is 3.43. The van der Waals surface area contributed by atoms with Gasteiger partial charge in [-0.2, -0.15) is 5.10 Å². The maximum absolute atomic E-state index is 14.0. The Labute approximate surface area is 151 Å².